The van der Waals surface area contributed by atoms with Crippen molar-refractivity contribution in [3.63, 3.8) is 0 Å². The van der Waals surface area contributed by atoms with Gasteiger partial charge >= 0.3 is 5.97 Å². The zero-order valence-corrected chi connectivity index (χ0v) is 18.9. The van der Waals surface area contributed by atoms with Crippen molar-refractivity contribution in [2.75, 3.05) is 11.5 Å². The van der Waals surface area contributed by atoms with Gasteiger partial charge in [0, 0.05) is 17.8 Å². The van der Waals surface area contributed by atoms with Gasteiger partial charge in [0.05, 0.1) is 13.2 Å². The average molecular weight is 439 g/mol. The number of fused-ring (bicyclic) bond motifs is 1. The van der Waals surface area contributed by atoms with E-state index in [1.54, 1.807) is 18.7 Å². The van der Waals surface area contributed by atoms with Crippen molar-refractivity contribution in [2.24, 2.45) is 0 Å². The number of carbonyl (C=O) groups is 3. The molecule has 1 aromatic heterocycles. The maximum atomic E-state index is 13.7. The van der Waals surface area contributed by atoms with Gasteiger partial charge in [0.25, 0.3) is 5.91 Å². The van der Waals surface area contributed by atoms with Gasteiger partial charge in [0.15, 0.2) is 5.69 Å². The van der Waals surface area contributed by atoms with Crippen LogP contribution in [-0.2, 0) is 22.5 Å². The smallest absolute Gasteiger partial charge is 0.358 e. The van der Waals surface area contributed by atoms with E-state index in [0.29, 0.717) is 5.69 Å². The molecule has 1 aliphatic carbocycles. The molecule has 1 saturated carbocycles. The minimum atomic E-state index is -1.20. The molecule has 1 N–H and O–H groups in total. The summed E-state index contributed by atoms with van der Waals surface area (Å²) in [6, 6.07) is 9.25. The summed E-state index contributed by atoms with van der Waals surface area (Å²) < 4.78 is 6.51. The highest BCUT2D eigenvalue weighted by Crippen LogP contribution is 2.34. The number of anilines is 1. The highest BCUT2D eigenvalue weighted by atomic mass is 16.5. The molecule has 2 heterocycles. The molecule has 1 aliphatic heterocycles. The molecule has 8 nitrogen and oxygen atoms in total. The highest BCUT2D eigenvalue weighted by Gasteiger charge is 2.49. The van der Waals surface area contributed by atoms with Crippen molar-refractivity contribution in [1.29, 1.82) is 0 Å². The van der Waals surface area contributed by atoms with Crippen LogP contribution in [0.25, 0.3) is 0 Å². The molecule has 8 heteroatoms. The van der Waals surface area contributed by atoms with E-state index in [1.165, 1.54) is 10.7 Å². The Hall–Kier alpha value is -3.16. The lowest BCUT2D eigenvalue weighted by molar-refractivity contribution is -0.127. The van der Waals surface area contributed by atoms with E-state index in [-0.39, 0.29) is 42.4 Å². The number of carbonyl (C=O) groups excluding carboxylic acids is 3. The molecule has 2 aliphatic rings. The van der Waals surface area contributed by atoms with Crippen LogP contribution < -0.4 is 10.2 Å². The van der Waals surface area contributed by atoms with Gasteiger partial charge in [-0.15, -0.1) is 0 Å². The molecular weight excluding hydrogens is 408 g/mol. The number of hydrogen-bond donors (Lipinski definition) is 1. The van der Waals surface area contributed by atoms with Crippen molar-refractivity contribution < 1.29 is 19.1 Å². The van der Waals surface area contributed by atoms with E-state index in [4.69, 9.17) is 4.74 Å². The summed E-state index contributed by atoms with van der Waals surface area (Å²) >= 11 is 0. The van der Waals surface area contributed by atoms with Crippen LogP contribution in [0.1, 0.15) is 73.0 Å². The maximum Gasteiger partial charge on any atom is 0.358 e. The summed E-state index contributed by atoms with van der Waals surface area (Å²) in [6.07, 6.45) is 4.89. The van der Waals surface area contributed by atoms with E-state index < -0.39 is 11.5 Å². The van der Waals surface area contributed by atoms with Gasteiger partial charge in [0.1, 0.15) is 11.2 Å². The second kappa shape index (κ2) is 8.76. The molecule has 1 atom stereocenters. The molecule has 0 spiro atoms. The van der Waals surface area contributed by atoms with Gasteiger partial charge in [-0.1, -0.05) is 31.9 Å². The lowest BCUT2D eigenvalue weighted by atomic mass is 9.93. The maximum absolute atomic E-state index is 13.7. The highest BCUT2D eigenvalue weighted by molar-refractivity contribution is 6.12. The minimum absolute atomic E-state index is 0.0675. The van der Waals surface area contributed by atoms with E-state index >= 15 is 0 Å². The van der Waals surface area contributed by atoms with E-state index in [0.717, 1.165) is 37.7 Å². The summed E-state index contributed by atoms with van der Waals surface area (Å²) in [6.45, 7) is 5.88. The number of hydrogen-bond acceptors (Lipinski definition) is 5. The third kappa shape index (κ3) is 3.89. The van der Waals surface area contributed by atoms with Gasteiger partial charge in [-0.3, -0.25) is 19.2 Å². The van der Waals surface area contributed by atoms with Gasteiger partial charge in [-0.25, -0.2) is 4.79 Å². The molecule has 32 heavy (non-hydrogen) atoms. The van der Waals surface area contributed by atoms with E-state index in [9.17, 15) is 14.4 Å². The molecule has 2 aromatic rings. The zero-order valence-electron chi connectivity index (χ0n) is 18.9. The quantitative estimate of drug-likeness (QED) is 0.700. The van der Waals surface area contributed by atoms with E-state index in [2.05, 4.69) is 10.4 Å². The number of benzene rings is 1. The number of aromatic nitrogens is 2. The van der Waals surface area contributed by atoms with Crippen molar-refractivity contribution in [3.05, 3.63) is 47.3 Å². The molecule has 0 bridgehead atoms. The normalized spacial score (nSPS) is 20.8. The first-order valence-corrected chi connectivity index (χ1v) is 11.4. The molecule has 0 saturated heterocycles. The Morgan fingerprint density at radius 1 is 1.22 bits per heavy atom. The summed E-state index contributed by atoms with van der Waals surface area (Å²) in [5.74, 6) is -1.16. The number of amides is 2. The van der Waals surface area contributed by atoms with Crippen molar-refractivity contribution in [1.82, 2.24) is 15.1 Å². The van der Waals surface area contributed by atoms with Gasteiger partial charge < -0.3 is 10.1 Å². The Kier molecular flexibility index (Phi) is 6.04. The average Bonchev–Trinajstić information content (AvgIpc) is 3.44. The Bertz CT molecular complexity index is 1040. The van der Waals surface area contributed by atoms with Crippen LogP contribution in [0, 0.1) is 0 Å². The zero-order chi connectivity index (χ0) is 22.9. The lowest BCUT2D eigenvalue weighted by Crippen LogP contribution is -2.65. The molecule has 1 fully saturated rings. The number of rotatable bonds is 6. The molecular formula is C24H30N4O4. The Balaban J connectivity index is 1.77. The fraction of sp³-hybridized carbons (Fsp3) is 0.500. The fourth-order valence-corrected chi connectivity index (χ4v) is 4.62. The van der Waals surface area contributed by atoms with Crippen LogP contribution in [0.3, 0.4) is 0 Å². The third-order valence-corrected chi connectivity index (χ3v) is 6.39. The number of nitrogens with one attached hydrogen (secondary N) is 1. The predicted molar refractivity (Wildman–Crippen MR) is 120 cm³/mol. The largest absolute Gasteiger partial charge is 0.461 e. The first-order chi connectivity index (χ1) is 15.4. The standard InChI is InChI=1S/C24H30N4O4/c1-4-16-9-8-12-18(13-16)28-21(29)20-14-19(22(30)32-5-2)26-27(20)15-24(28,3)23(31)25-17-10-6-7-11-17/h8-9,12-14,17H,4-7,10-11,15H2,1-3H3,(H,25,31)/t24-/m1/s1. The van der Waals surface area contributed by atoms with E-state index in [1.807, 2.05) is 31.2 Å². The van der Waals surface area contributed by atoms with Crippen LogP contribution in [0.2, 0.25) is 0 Å². The third-order valence-electron chi connectivity index (χ3n) is 6.39. The SMILES string of the molecule is CCOC(=O)c1cc2n(n1)C[C@](C)(C(=O)NC1CCCC1)N(c1cccc(CC)c1)C2=O. The minimum Gasteiger partial charge on any atom is -0.461 e. The number of esters is 1. The number of aryl methyl sites for hydroxylation is 1. The second-order valence-electron chi connectivity index (χ2n) is 8.69. The second-order valence-corrected chi connectivity index (χ2v) is 8.69. The van der Waals surface area contributed by atoms with Crippen LogP contribution >= 0.6 is 0 Å². The topological polar surface area (TPSA) is 93.5 Å². The van der Waals surface area contributed by atoms with Gasteiger partial charge in [0.2, 0.25) is 5.91 Å². The molecule has 4 rings (SSSR count). The number of nitrogens with zero attached hydrogens (tertiary/aromatic N) is 3. The van der Waals surface area contributed by atoms with Crippen LogP contribution in [0.5, 0.6) is 0 Å². The van der Waals surface area contributed by atoms with Crippen molar-refractivity contribution in [3.8, 4) is 0 Å². The fourth-order valence-electron chi connectivity index (χ4n) is 4.62. The lowest BCUT2D eigenvalue weighted by Gasteiger charge is -2.43. The molecule has 0 radical (unpaired) electrons. The first-order valence-electron chi connectivity index (χ1n) is 11.4. The van der Waals surface area contributed by atoms with Crippen molar-refractivity contribution >= 4 is 23.5 Å². The summed E-state index contributed by atoms with van der Waals surface area (Å²) in [5.41, 5.74) is 0.861. The van der Waals surface area contributed by atoms with Crippen molar-refractivity contribution in [2.45, 2.75) is 71.0 Å². The predicted octanol–water partition coefficient (Wildman–Crippen LogP) is 3.10. The number of ether oxygens (including phenoxy) is 1. The molecule has 0 unspecified atom stereocenters. The Morgan fingerprint density at radius 2 is 1.97 bits per heavy atom. The summed E-state index contributed by atoms with van der Waals surface area (Å²) in [5, 5.41) is 7.46. The molecule has 2 amide bonds. The Morgan fingerprint density at radius 3 is 2.66 bits per heavy atom. The first kappa shape index (κ1) is 22.0. The molecule has 170 valence electrons. The Labute approximate surface area is 187 Å². The monoisotopic (exact) mass is 438 g/mol. The van der Waals surface area contributed by atoms with Gasteiger partial charge in [-0.2, -0.15) is 5.10 Å². The van der Waals surface area contributed by atoms with Crippen LogP contribution in [-0.4, -0.2) is 45.8 Å². The summed E-state index contributed by atoms with van der Waals surface area (Å²) in [7, 11) is 0. The van der Waals surface area contributed by atoms with Gasteiger partial charge in [-0.05, 0) is 50.8 Å². The molecule has 1 aromatic carbocycles. The summed E-state index contributed by atoms with van der Waals surface area (Å²) in [4.78, 5) is 41.1. The van der Waals surface area contributed by atoms with Crippen LogP contribution in [0.4, 0.5) is 5.69 Å². The van der Waals surface area contributed by atoms with Crippen LogP contribution in [0.15, 0.2) is 30.3 Å².